The third-order valence-corrected chi connectivity index (χ3v) is 2.65. The van der Waals surface area contributed by atoms with E-state index in [4.69, 9.17) is 10.5 Å². The van der Waals surface area contributed by atoms with Crippen LogP contribution < -0.4 is 10.5 Å². The third-order valence-electron chi connectivity index (χ3n) is 2.65. The van der Waals surface area contributed by atoms with Crippen molar-refractivity contribution >= 4 is 5.82 Å². The molecule has 0 spiro atoms. The molecular weight excluding hydrogens is 233 g/mol. The Morgan fingerprint density at radius 3 is 2.78 bits per heavy atom. The van der Waals surface area contributed by atoms with Crippen molar-refractivity contribution in [3.63, 3.8) is 0 Å². The van der Waals surface area contributed by atoms with Gasteiger partial charge < -0.3 is 10.5 Å². The molecule has 0 fully saturated rings. The summed E-state index contributed by atoms with van der Waals surface area (Å²) in [7, 11) is 1.54. The number of nitrogens with zero attached hydrogens (tertiary/aromatic N) is 2. The number of methoxy groups -OCH3 is 1. The van der Waals surface area contributed by atoms with Crippen molar-refractivity contribution in [1.29, 1.82) is 0 Å². The van der Waals surface area contributed by atoms with Crippen molar-refractivity contribution in [2.24, 2.45) is 0 Å². The van der Waals surface area contributed by atoms with Gasteiger partial charge in [0.15, 0.2) is 0 Å². The smallest absolute Gasteiger partial charge is 0.130 e. The average molecular weight is 247 g/mol. The summed E-state index contributed by atoms with van der Waals surface area (Å²) in [5, 5.41) is 0. The lowest BCUT2D eigenvalue weighted by Gasteiger charge is -2.08. The van der Waals surface area contributed by atoms with Crippen molar-refractivity contribution in [3.8, 4) is 5.75 Å². The standard InChI is InChI=1S/C13H14FN3O/c1-8-16-7-10(13(15)17-8)5-9-6-11(18-2)3-4-12(9)14/h3-4,6-7H,5H2,1-2H3,(H2,15,16,17). The summed E-state index contributed by atoms with van der Waals surface area (Å²) < 4.78 is 18.7. The third kappa shape index (κ3) is 2.56. The number of hydrogen-bond donors (Lipinski definition) is 1. The highest BCUT2D eigenvalue weighted by molar-refractivity contribution is 5.42. The number of ether oxygens (including phenoxy) is 1. The Balaban J connectivity index is 2.33. The van der Waals surface area contributed by atoms with Crippen molar-refractivity contribution in [2.75, 3.05) is 12.8 Å². The van der Waals surface area contributed by atoms with Crippen LogP contribution in [-0.4, -0.2) is 17.1 Å². The molecule has 0 unspecified atom stereocenters. The van der Waals surface area contributed by atoms with E-state index in [1.807, 2.05) is 0 Å². The Bertz CT molecular complexity index is 572. The van der Waals surface area contributed by atoms with Crippen LogP contribution in [0.5, 0.6) is 5.75 Å². The number of aryl methyl sites for hydroxylation is 1. The molecule has 0 aliphatic rings. The minimum Gasteiger partial charge on any atom is -0.497 e. The molecule has 0 aliphatic carbocycles. The van der Waals surface area contributed by atoms with Gasteiger partial charge in [-0.15, -0.1) is 0 Å². The maximum absolute atomic E-state index is 13.7. The number of hydrogen-bond acceptors (Lipinski definition) is 4. The highest BCUT2D eigenvalue weighted by Crippen LogP contribution is 2.21. The van der Waals surface area contributed by atoms with Crippen molar-refractivity contribution in [3.05, 3.63) is 47.2 Å². The number of anilines is 1. The molecule has 0 bridgehead atoms. The Morgan fingerprint density at radius 1 is 1.33 bits per heavy atom. The predicted molar refractivity (Wildman–Crippen MR) is 66.9 cm³/mol. The van der Waals surface area contributed by atoms with Crippen LogP contribution in [-0.2, 0) is 6.42 Å². The zero-order valence-corrected chi connectivity index (χ0v) is 10.3. The van der Waals surface area contributed by atoms with Crippen molar-refractivity contribution in [1.82, 2.24) is 9.97 Å². The van der Waals surface area contributed by atoms with Crippen LogP contribution in [0.15, 0.2) is 24.4 Å². The van der Waals surface area contributed by atoms with Crippen LogP contribution in [0.2, 0.25) is 0 Å². The lowest BCUT2D eigenvalue weighted by molar-refractivity contribution is 0.413. The highest BCUT2D eigenvalue weighted by atomic mass is 19.1. The van der Waals surface area contributed by atoms with E-state index in [1.165, 1.54) is 6.07 Å². The number of aromatic nitrogens is 2. The molecule has 0 saturated carbocycles. The van der Waals surface area contributed by atoms with Gasteiger partial charge in [0.05, 0.1) is 7.11 Å². The second-order valence-electron chi connectivity index (χ2n) is 3.96. The Hall–Kier alpha value is -2.17. The molecule has 5 heteroatoms. The first-order chi connectivity index (χ1) is 8.60. The van der Waals surface area contributed by atoms with Crippen LogP contribution in [0, 0.1) is 12.7 Å². The van der Waals surface area contributed by atoms with Gasteiger partial charge in [-0.3, -0.25) is 0 Å². The quantitative estimate of drug-likeness (QED) is 0.902. The molecule has 0 aliphatic heterocycles. The van der Waals surface area contributed by atoms with Gasteiger partial charge in [0.1, 0.15) is 23.2 Å². The first kappa shape index (κ1) is 12.3. The van der Waals surface area contributed by atoms with Crippen LogP contribution in [0.4, 0.5) is 10.2 Å². The number of rotatable bonds is 3. The maximum Gasteiger partial charge on any atom is 0.130 e. The SMILES string of the molecule is COc1ccc(F)c(Cc2cnc(C)nc2N)c1. The second kappa shape index (κ2) is 5.00. The van der Waals surface area contributed by atoms with E-state index in [0.717, 1.165) is 0 Å². The van der Waals surface area contributed by atoms with E-state index in [1.54, 1.807) is 32.4 Å². The fourth-order valence-corrected chi connectivity index (χ4v) is 1.67. The van der Waals surface area contributed by atoms with E-state index in [-0.39, 0.29) is 5.82 Å². The lowest BCUT2D eigenvalue weighted by Crippen LogP contribution is -2.03. The largest absolute Gasteiger partial charge is 0.497 e. The number of benzene rings is 1. The van der Waals surface area contributed by atoms with Crippen LogP contribution >= 0.6 is 0 Å². The highest BCUT2D eigenvalue weighted by Gasteiger charge is 2.09. The fraction of sp³-hybridized carbons (Fsp3) is 0.231. The van der Waals surface area contributed by atoms with E-state index < -0.39 is 0 Å². The molecular formula is C13H14FN3O. The van der Waals surface area contributed by atoms with E-state index >= 15 is 0 Å². The maximum atomic E-state index is 13.7. The zero-order chi connectivity index (χ0) is 13.1. The summed E-state index contributed by atoms with van der Waals surface area (Å²) in [4.78, 5) is 8.12. The topological polar surface area (TPSA) is 61.0 Å². The molecule has 0 amide bonds. The van der Waals surface area contributed by atoms with E-state index in [2.05, 4.69) is 9.97 Å². The fourth-order valence-electron chi connectivity index (χ4n) is 1.67. The average Bonchev–Trinajstić information content (AvgIpc) is 2.35. The van der Waals surface area contributed by atoms with E-state index in [0.29, 0.717) is 34.9 Å². The summed E-state index contributed by atoms with van der Waals surface area (Å²) in [6, 6.07) is 4.60. The Kier molecular flexibility index (Phi) is 3.41. The Morgan fingerprint density at radius 2 is 2.11 bits per heavy atom. The molecule has 1 aromatic carbocycles. The van der Waals surface area contributed by atoms with Gasteiger partial charge in [-0.1, -0.05) is 0 Å². The molecule has 18 heavy (non-hydrogen) atoms. The van der Waals surface area contributed by atoms with Gasteiger partial charge in [-0.25, -0.2) is 14.4 Å². The van der Waals surface area contributed by atoms with Crippen LogP contribution in [0.3, 0.4) is 0 Å². The Labute approximate surface area is 105 Å². The first-order valence-corrected chi connectivity index (χ1v) is 5.50. The van der Waals surface area contributed by atoms with Gasteiger partial charge in [0, 0.05) is 18.2 Å². The first-order valence-electron chi connectivity index (χ1n) is 5.50. The molecule has 0 atom stereocenters. The summed E-state index contributed by atoms with van der Waals surface area (Å²) in [6.07, 6.45) is 1.96. The van der Waals surface area contributed by atoms with Gasteiger partial charge >= 0.3 is 0 Å². The summed E-state index contributed by atoms with van der Waals surface area (Å²) in [5.74, 6) is 1.29. The summed E-state index contributed by atoms with van der Waals surface area (Å²) in [5.41, 5.74) is 6.99. The lowest BCUT2D eigenvalue weighted by atomic mass is 10.1. The molecule has 94 valence electrons. The molecule has 0 saturated heterocycles. The van der Waals surface area contributed by atoms with Gasteiger partial charge in [0.2, 0.25) is 0 Å². The van der Waals surface area contributed by atoms with Crippen molar-refractivity contribution < 1.29 is 9.13 Å². The van der Waals surface area contributed by atoms with Crippen LogP contribution in [0.25, 0.3) is 0 Å². The minimum atomic E-state index is -0.296. The van der Waals surface area contributed by atoms with E-state index in [9.17, 15) is 4.39 Å². The molecule has 1 aromatic heterocycles. The summed E-state index contributed by atoms with van der Waals surface area (Å²) in [6.45, 7) is 1.76. The van der Waals surface area contributed by atoms with Gasteiger partial charge in [-0.05, 0) is 30.7 Å². The number of halogens is 1. The molecule has 1 heterocycles. The van der Waals surface area contributed by atoms with Crippen molar-refractivity contribution in [2.45, 2.75) is 13.3 Å². The molecule has 2 aromatic rings. The minimum absolute atomic E-state index is 0.296. The predicted octanol–water partition coefficient (Wildman–Crippen LogP) is 2.11. The number of nitrogen functional groups attached to an aromatic ring is 1. The van der Waals surface area contributed by atoms with Gasteiger partial charge in [0.25, 0.3) is 0 Å². The molecule has 0 radical (unpaired) electrons. The normalized spacial score (nSPS) is 10.4. The van der Waals surface area contributed by atoms with Gasteiger partial charge in [-0.2, -0.15) is 0 Å². The number of nitrogens with two attached hydrogens (primary N) is 1. The monoisotopic (exact) mass is 247 g/mol. The molecule has 2 rings (SSSR count). The molecule has 4 nitrogen and oxygen atoms in total. The summed E-state index contributed by atoms with van der Waals surface area (Å²) >= 11 is 0. The zero-order valence-electron chi connectivity index (χ0n) is 10.3. The van der Waals surface area contributed by atoms with Crippen LogP contribution in [0.1, 0.15) is 17.0 Å². The second-order valence-corrected chi connectivity index (χ2v) is 3.96. The molecule has 2 N–H and O–H groups in total.